The zero-order chi connectivity index (χ0) is 23.4. The molecule has 1 saturated heterocycles. The van der Waals surface area contributed by atoms with E-state index in [0.29, 0.717) is 59.1 Å². The molecule has 33 heavy (non-hydrogen) atoms. The fourth-order valence-electron chi connectivity index (χ4n) is 3.76. The van der Waals surface area contributed by atoms with Crippen LogP contribution >= 0.6 is 23.2 Å². The number of nitrogens with one attached hydrogen (secondary N) is 3. The van der Waals surface area contributed by atoms with E-state index in [-0.39, 0.29) is 12.5 Å². The third-order valence-corrected chi connectivity index (χ3v) is 5.82. The number of ether oxygens (including phenoxy) is 2. The third kappa shape index (κ3) is 5.87. The maximum atomic E-state index is 12.8. The van der Waals surface area contributed by atoms with E-state index in [1.165, 1.54) is 0 Å². The molecule has 2 aliphatic rings. The molecule has 11 heteroatoms. The first kappa shape index (κ1) is 23.2. The molecule has 0 aromatic heterocycles. The van der Waals surface area contributed by atoms with E-state index in [9.17, 15) is 14.4 Å². The molecule has 4 rings (SSSR count). The van der Waals surface area contributed by atoms with Crippen LogP contribution in [0.4, 0.5) is 16.2 Å². The second-order valence-electron chi connectivity index (χ2n) is 7.60. The number of benzene rings is 2. The van der Waals surface area contributed by atoms with Crippen molar-refractivity contribution < 1.29 is 23.9 Å². The van der Waals surface area contributed by atoms with E-state index in [4.69, 9.17) is 32.7 Å². The molecule has 2 aliphatic heterocycles. The van der Waals surface area contributed by atoms with E-state index in [2.05, 4.69) is 16.0 Å². The van der Waals surface area contributed by atoms with Gasteiger partial charge in [-0.2, -0.15) is 0 Å². The summed E-state index contributed by atoms with van der Waals surface area (Å²) in [6.45, 7) is 1.35. The van der Waals surface area contributed by atoms with Gasteiger partial charge >= 0.3 is 6.03 Å². The fourth-order valence-corrected chi connectivity index (χ4v) is 4.09. The van der Waals surface area contributed by atoms with Crippen molar-refractivity contribution in [2.45, 2.75) is 18.9 Å². The Balaban J connectivity index is 1.30. The highest BCUT2D eigenvalue weighted by molar-refractivity contribution is 6.35. The second-order valence-corrected chi connectivity index (χ2v) is 8.45. The van der Waals surface area contributed by atoms with Crippen LogP contribution in [0.25, 0.3) is 0 Å². The summed E-state index contributed by atoms with van der Waals surface area (Å²) >= 11 is 12.1. The molecule has 0 bridgehead atoms. The van der Waals surface area contributed by atoms with Crippen molar-refractivity contribution in [3.05, 3.63) is 46.4 Å². The minimum Gasteiger partial charge on any atom is -0.486 e. The number of carbonyl (C=O) groups is 3. The van der Waals surface area contributed by atoms with Crippen molar-refractivity contribution in [1.29, 1.82) is 0 Å². The van der Waals surface area contributed by atoms with E-state index in [1.54, 1.807) is 41.3 Å². The number of likely N-dealkylation sites (tertiary alicyclic amines) is 1. The summed E-state index contributed by atoms with van der Waals surface area (Å²) in [5.41, 5.74) is 0.866. The Morgan fingerprint density at radius 1 is 1.00 bits per heavy atom. The van der Waals surface area contributed by atoms with Gasteiger partial charge in [0, 0.05) is 16.8 Å². The number of hydrogen-bond donors (Lipinski definition) is 3. The standard InChI is InChI=1S/C22H22Cl2N4O5/c23-13-3-5-15(24)16(10-13)26-21(30)17-2-1-7-28(17)12-20(29)27-22(31)25-14-4-6-18-19(11-14)33-9-8-32-18/h3-6,10-11,17H,1-2,7-9,12H2,(H,26,30)(H2,25,27,29,31). The maximum absolute atomic E-state index is 12.8. The molecule has 0 saturated carbocycles. The summed E-state index contributed by atoms with van der Waals surface area (Å²) in [6.07, 6.45) is 1.33. The minimum atomic E-state index is -0.678. The average Bonchev–Trinajstić information content (AvgIpc) is 3.24. The highest BCUT2D eigenvalue weighted by Gasteiger charge is 2.32. The van der Waals surface area contributed by atoms with Crippen molar-refractivity contribution in [1.82, 2.24) is 10.2 Å². The zero-order valence-electron chi connectivity index (χ0n) is 17.5. The lowest BCUT2D eigenvalue weighted by molar-refractivity contribution is -0.124. The van der Waals surface area contributed by atoms with Crippen LogP contribution in [0.1, 0.15) is 12.8 Å². The second kappa shape index (κ2) is 10.3. The van der Waals surface area contributed by atoms with Crippen LogP contribution in [-0.2, 0) is 9.59 Å². The predicted molar refractivity (Wildman–Crippen MR) is 124 cm³/mol. The normalized spacial score (nSPS) is 17.3. The lowest BCUT2D eigenvalue weighted by atomic mass is 10.2. The number of carbonyl (C=O) groups excluding carboxylic acids is 3. The molecular weight excluding hydrogens is 471 g/mol. The molecule has 4 amide bonds. The van der Waals surface area contributed by atoms with E-state index >= 15 is 0 Å². The molecule has 0 spiro atoms. The number of nitrogens with zero attached hydrogens (tertiary/aromatic N) is 1. The molecule has 0 radical (unpaired) electrons. The van der Waals surface area contributed by atoms with Crippen molar-refractivity contribution in [2.24, 2.45) is 0 Å². The Morgan fingerprint density at radius 2 is 1.79 bits per heavy atom. The van der Waals surface area contributed by atoms with Crippen LogP contribution in [0, 0.1) is 0 Å². The van der Waals surface area contributed by atoms with Gasteiger partial charge in [-0.3, -0.25) is 19.8 Å². The Kier molecular flexibility index (Phi) is 7.22. The van der Waals surface area contributed by atoms with Crippen LogP contribution in [-0.4, -0.2) is 55.1 Å². The first-order chi connectivity index (χ1) is 15.9. The Bertz CT molecular complexity index is 1080. The molecule has 1 unspecified atom stereocenters. The summed E-state index contributed by atoms with van der Waals surface area (Å²) in [4.78, 5) is 39.2. The fraction of sp³-hybridized carbons (Fsp3) is 0.318. The van der Waals surface area contributed by atoms with E-state index in [1.807, 2.05) is 0 Å². The minimum absolute atomic E-state index is 0.101. The quantitative estimate of drug-likeness (QED) is 0.589. The van der Waals surface area contributed by atoms with Gasteiger partial charge in [0.25, 0.3) is 0 Å². The number of rotatable bonds is 5. The summed E-state index contributed by atoms with van der Waals surface area (Å²) in [5, 5.41) is 8.46. The molecule has 2 aromatic carbocycles. The van der Waals surface area contributed by atoms with Gasteiger partial charge in [-0.25, -0.2) is 4.79 Å². The highest BCUT2D eigenvalue weighted by atomic mass is 35.5. The van der Waals surface area contributed by atoms with Crippen LogP contribution in [0.15, 0.2) is 36.4 Å². The zero-order valence-corrected chi connectivity index (χ0v) is 19.0. The van der Waals surface area contributed by atoms with Gasteiger partial charge in [0.05, 0.1) is 23.3 Å². The summed E-state index contributed by atoms with van der Waals surface area (Å²) in [7, 11) is 0. The third-order valence-electron chi connectivity index (χ3n) is 5.25. The van der Waals surface area contributed by atoms with Crippen LogP contribution in [0.3, 0.4) is 0 Å². The van der Waals surface area contributed by atoms with Crippen LogP contribution in [0.5, 0.6) is 11.5 Å². The largest absolute Gasteiger partial charge is 0.486 e. The molecule has 2 heterocycles. The smallest absolute Gasteiger partial charge is 0.325 e. The molecule has 9 nitrogen and oxygen atoms in total. The lowest BCUT2D eigenvalue weighted by Crippen LogP contribution is -2.46. The summed E-state index contributed by atoms with van der Waals surface area (Å²) in [5.74, 6) is 0.313. The van der Waals surface area contributed by atoms with Gasteiger partial charge in [0.15, 0.2) is 11.5 Å². The maximum Gasteiger partial charge on any atom is 0.325 e. The summed E-state index contributed by atoms with van der Waals surface area (Å²) < 4.78 is 10.9. The Labute approximate surface area is 200 Å². The number of amides is 4. The topological polar surface area (TPSA) is 109 Å². The molecule has 1 fully saturated rings. The van der Waals surface area contributed by atoms with E-state index in [0.717, 1.165) is 6.42 Å². The first-order valence-corrected chi connectivity index (χ1v) is 11.1. The first-order valence-electron chi connectivity index (χ1n) is 10.4. The van der Waals surface area contributed by atoms with E-state index < -0.39 is 18.0 Å². The van der Waals surface area contributed by atoms with Gasteiger partial charge in [-0.15, -0.1) is 0 Å². The summed E-state index contributed by atoms with van der Waals surface area (Å²) in [6, 6.07) is 8.55. The van der Waals surface area contributed by atoms with Crippen molar-refractivity contribution >= 4 is 52.4 Å². The van der Waals surface area contributed by atoms with Crippen molar-refractivity contribution in [3.63, 3.8) is 0 Å². The number of imide groups is 1. The van der Waals surface area contributed by atoms with Gasteiger partial charge in [0.2, 0.25) is 11.8 Å². The number of urea groups is 1. The van der Waals surface area contributed by atoms with Gasteiger partial charge in [-0.05, 0) is 49.7 Å². The average molecular weight is 493 g/mol. The predicted octanol–water partition coefficient (Wildman–Crippen LogP) is 3.52. The molecule has 0 aliphatic carbocycles. The van der Waals surface area contributed by atoms with Gasteiger partial charge in [-0.1, -0.05) is 23.2 Å². The highest BCUT2D eigenvalue weighted by Crippen LogP contribution is 2.32. The lowest BCUT2D eigenvalue weighted by Gasteiger charge is -2.23. The molecule has 174 valence electrons. The van der Waals surface area contributed by atoms with Crippen molar-refractivity contribution in [3.8, 4) is 11.5 Å². The molecule has 1 atom stereocenters. The SMILES string of the molecule is O=C(CN1CCCC1C(=O)Nc1cc(Cl)ccc1Cl)NC(=O)Nc1ccc2c(c1)OCCO2. The van der Waals surface area contributed by atoms with Crippen molar-refractivity contribution in [2.75, 3.05) is 36.9 Å². The Hall–Kier alpha value is -3.01. The molecule has 2 aromatic rings. The molecule has 3 N–H and O–H groups in total. The monoisotopic (exact) mass is 492 g/mol. The number of halogens is 2. The van der Waals surface area contributed by atoms with Crippen LogP contribution in [0.2, 0.25) is 10.0 Å². The van der Waals surface area contributed by atoms with Crippen LogP contribution < -0.4 is 25.4 Å². The van der Waals surface area contributed by atoms with Gasteiger partial charge in [0.1, 0.15) is 13.2 Å². The number of anilines is 2. The number of fused-ring (bicyclic) bond motifs is 1. The van der Waals surface area contributed by atoms with Gasteiger partial charge < -0.3 is 20.1 Å². The molecular formula is C22H22Cl2N4O5. The number of hydrogen-bond acceptors (Lipinski definition) is 6. The Morgan fingerprint density at radius 3 is 2.61 bits per heavy atom.